The van der Waals surface area contributed by atoms with E-state index in [1.54, 1.807) is 0 Å². The molecule has 0 aromatic rings. The molecule has 4 nitrogen and oxygen atoms in total. The molecule has 0 heterocycles. The zero-order chi connectivity index (χ0) is 13.6. The molecule has 0 aromatic heterocycles. The van der Waals surface area contributed by atoms with E-state index in [1.165, 1.54) is 33.8 Å². The quantitative estimate of drug-likeness (QED) is 0.384. The number of hydrogen-bond acceptors (Lipinski definition) is 4. The van der Waals surface area contributed by atoms with Gasteiger partial charge < -0.3 is 0 Å². The van der Waals surface area contributed by atoms with Crippen molar-refractivity contribution in [2.75, 3.05) is 0 Å². The molecule has 0 saturated heterocycles. The van der Waals surface area contributed by atoms with Crippen LogP contribution in [0.1, 0.15) is 40.5 Å². The first-order valence-electron chi connectivity index (χ1n) is 5.50. The zero-order valence-electron chi connectivity index (χ0n) is 10.7. The topological polar surface area (TPSA) is 68.3 Å². The minimum atomic E-state index is -0.633. The lowest BCUT2D eigenvalue weighted by molar-refractivity contribution is -0.130. The lowest BCUT2D eigenvalue weighted by atomic mass is 9.94. The fourth-order valence-corrected chi connectivity index (χ4v) is 1.62. The van der Waals surface area contributed by atoms with Crippen LogP contribution in [0.25, 0.3) is 0 Å². The van der Waals surface area contributed by atoms with E-state index in [0.717, 1.165) is 0 Å². The summed E-state index contributed by atoms with van der Waals surface area (Å²) in [4.78, 5) is 44.5. The Morgan fingerprint density at radius 2 is 1.29 bits per heavy atom. The van der Waals surface area contributed by atoms with Gasteiger partial charge in [-0.3, -0.25) is 19.2 Å². The standard InChI is InChI=1S/C13H18O4/c1-8(14)12(9(2)15)6-5-7-13(10(3)16)11(4)17/h6,13H,5,7H2,1-4H3. The van der Waals surface area contributed by atoms with Crippen LogP contribution in [-0.2, 0) is 19.2 Å². The summed E-state index contributed by atoms with van der Waals surface area (Å²) in [5.41, 5.74) is 0.135. The highest BCUT2D eigenvalue weighted by Crippen LogP contribution is 2.12. The van der Waals surface area contributed by atoms with Crippen molar-refractivity contribution < 1.29 is 19.2 Å². The van der Waals surface area contributed by atoms with Gasteiger partial charge in [0.25, 0.3) is 0 Å². The van der Waals surface area contributed by atoms with Crippen molar-refractivity contribution in [3.63, 3.8) is 0 Å². The number of carbonyl (C=O) groups is 4. The van der Waals surface area contributed by atoms with Crippen molar-refractivity contribution in [1.29, 1.82) is 0 Å². The largest absolute Gasteiger partial charge is 0.299 e. The maximum atomic E-state index is 11.2. The predicted molar refractivity (Wildman–Crippen MR) is 63.5 cm³/mol. The fraction of sp³-hybridized carbons (Fsp3) is 0.538. The number of allylic oxidation sites excluding steroid dienone is 2. The Balaban J connectivity index is 4.60. The molecule has 0 unspecified atom stereocenters. The Bertz CT molecular complexity index is 347. The van der Waals surface area contributed by atoms with Crippen molar-refractivity contribution in [2.24, 2.45) is 5.92 Å². The van der Waals surface area contributed by atoms with Crippen LogP contribution in [0.2, 0.25) is 0 Å². The molecule has 0 saturated carbocycles. The van der Waals surface area contributed by atoms with Crippen LogP contribution >= 0.6 is 0 Å². The van der Waals surface area contributed by atoms with Gasteiger partial charge in [-0.15, -0.1) is 0 Å². The Morgan fingerprint density at radius 1 is 0.882 bits per heavy atom. The van der Waals surface area contributed by atoms with Gasteiger partial charge in [-0.1, -0.05) is 6.08 Å². The highest BCUT2D eigenvalue weighted by atomic mass is 16.2. The molecule has 0 rings (SSSR count). The van der Waals surface area contributed by atoms with Gasteiger partial charge >= 0.3 is 0 Å². The van der Waals surface area contributed by atoms with E-state index in [-0.39, 0.29) is 28.7 Å². The van der Waals surface area contributed by atoms with Gasteiger partial charge in [0.15, 0.2) is 11.6 Å². The second-order valence-corrected chi connectivity index (χ2v) is 4.08. The van der Waals surface area contributed by atoms with E-state index < -0.39 is 5.92 Å². The third-order valence-corrected chi connectivity index (χ3v) is 2.54. The highest BCUT2D eigenvalue weighted by Gasteiger charge is 2.18. The Hall–Kier alpha value is -1.58. The first-order chi connectivity index (χ1) is 7.77. The number of Topliss-reactive ketones (excluding diaryl/α,β-unsaturated/α-hetero) is 4. The predicted octanol–water partition coefficient (Wildman–Crippen LogP) is 1.67. The summed E-state index contributed by atoms with van der Waals surface area (Å²) in [7, 11) is 0. The number of carbonyl (C=O) groups excluding carboxylic acids is 4. The molecule has 0 aliphatic rings. The first kappa shape index (κ1) is 15.4. The maximum absolute atomic E-state index is 11.2. The summed E-state index contributed by atoms with van der Waals surface area (Å²) in [5, 5.41) is 0. The smallest absolute Gasteiger partial charge is 0.163 e. The van der Waals surface area contributed by atoms with E-state index in [0.29, 0.717) is 12.8 Å². The van der Waals surface area contributed by atoms with E-state index in [9.17, 15) is 19.2 Å². The fourth-order valence-electron chi connectivity index (χ4n) is 1.62. The Morgan fingerprint density at radius 3 is 1.59 bits per heavy atom. The summed E-state index contributed by atoms with van der Waals surface area (Å²) >= 11 is 0. The monoisotopic (exact) mass is 238 g/mol. The molecule has 0 aliphatic heterocycles. The van der Waals surface area contributed by atoms with Gasteiger partial charge in [-0.2, -0.15) is 0 Å². The first-order valence-corrected chi connectivity index (χ1v) is 5.50. The molecule has 17 heavy (non-hydrogen) atoms. The van der Waals surface area contributed by atoms with Gasteiger partial charge in [-0.25, -0.2) is 0 Å². The summed E-state index contributed by atoms with van der Waals surface area (Å²) in [6.07, 6.45) is 2.22. The van der Waals surface area contributed by atoms with E-state index in [4.69, 9.17) is 0 Å². The van der Waals surface area contributed by atoms with E-state index >= 15 is 0 Å². The van der Waals surface area contributed by atoms with Gasteiger partial charge in [0.05, 0.1) is 11.5 Å². The normalized spacial score (nSPS) is 9.94. The van der Waals surface area contributed by atoms with Crippen LogP contribution < -0.4 is 0 Å². The van der Waals surface area contributed by atoms with Crippen molar-refractivity contribution in [3.8, 4) is 0 Å². The lowest BCUT2D eigenvalue weighted by Crippen LogP contribution is -2.19. The van der Waals surface area contributed by atoms with Crippen molar-refractivity contribution >= 4 is 23.1 Å². The molecular formula is C13H18O4. The van der Waals surface area contributed by atoms with Gasteiger partial charge in [0.1, 0.15) is 11.6 Å². The van der Waals surface area contributed by atoms with Crippen LogP contribution in [0, 0.1) is 5.92 Å². The van der Waals surface area contributed by atoms with Gasteiger partial charge in [-0.05, 0) is 40.5 Å². The molecule has 0 N–H and O–H groups in total. The highest BCUT2D eigenvalue weighted by molar-refractivity contribution is 6.18. The molecule has 4 heteroatoms. The molecule has 0 atom stereocenters. The molecule has 0 spiro atoms. The third-order valence-electron chi connectivity index (χ3n) is 2.54. The third kappa shape index (κ3) is 5.33. The maximum Gasteiger partial charge on any atom is 0.163 e. The molecule has 0 amide bonds. The summed E-state index contributed by atoms with van der Waals surface area (Å²) < 4.78 is 0. The average Bonchev–Trinajstić information content (AvgIpc) is 2.14. The molecule has 94 valence electrons. The van der Waals surface area contributed by atoms with Crippen molar-refractivity contribution in [3.05, 3.63) is 11.6 Å². The van der Waals surface area contributed by atoms with Gasteiger partial charge in [0, 0.05) is 0 Å². The van der Waals surface area contributed by atoms with Crippen LogP contribution in [-0.4, -0.2) is 23.1 Å². The molecule has 0 aromatic carbocycles. The van der Waals surface area contributed by atoms with Crippen molar-refractivity contribution in [1.82, 2.24) is 0 Å². The lowest BCUT2D eigenvalue weighted by Gasteiger charge is -2.08. The minimum Gasteiger partial charge on any atom is -0.299 e. The van der Waals surface area contributed by atoms with E-state index in [1.807, 2.05) is 0 Å². The van der Waals surface area contributed by atoms with Gasteiger partial charge in [0.2, 0.25) is 0 Å². The zero-order valence-corrected chi connectivity index (χ0v) is 10.7. The average molecular weight is 238 g/mol. The number of ketones is 4. The Labute approximate surface area is 101 Å². The second-order valence-electron chi connectivity index (χ2n) is 4.08. The van der Waals surface area contributed by atoms with Crippen LogP contribution in [0.3, 0.4) is 0 Å². The second kappa shape index (κ2) is 6.89. The van der Waals surface area contributed by atoms with Crippen LogP contribution in [0.5, 0.6) is 0 Å². The molecule has 0 radical (unpaired) electrons. The molecule has 0 fully saturated rings. The SMILES string of the molecule is CC(=O)C(=CCCC(C(C)=O)C(C)=O)C(C)=O. The van der Waals surface area contributed by atoms with Crippen LogP contribution in [0.4, 0.5) is 0 Å². The number of hydrogen-bond donors (Lipinski definition) is 0. The summed E-state index contributed by atoms with van der Waals surface area (Å²) in [6.45, 7) is 5.38. The Kier molecular flexibility index (Phi) is 6.25. The number of rotatable bonds is 7. The molecule has 0 bridgehead atoms. The minimum absolute atomic E-state index is 0.135. The van der Waals surface area contributed by atoms with E-state index in [2.05, 4.69) is 0 Å². The summed E-state index contributed by atoms with van der Waals surface area (Å²) in [6, 6.07) is 0. The van der Waals surface area contributed by atoms with Crippen LogP contribution in [0.15, 0.2) is 11.6 Å². The molecule has 0 aliphatic carbocycles. The summed E-state index contributed by atoms with van der Waals surface area (Å²) in [5.74, 6) is -1.58. The molecular weight excluding hydrogens is 220 g/mol. The van der Waals surface area contributed by atoms with Crippen molar-refractivity contribution in [2.45, 2.75) is 40.5 Å².